The molecule has 0 N–H and O–H groups in total. The molecular weight excluding hydrogens is 116 g/mol. The summed E-state index contributed by atoms with van der Waals surface area (Å²) in [5.41, 5.74) is 0.399. The molecule has 1 aromatic rings. The number of nitrogens with zero attached hydrogens (tertiary/aromatic N) is 2. The highest BCUT2D eigenvalue weighted by Crippen LogP contribution is 2.01. The highest BCUT2D eigenvalue weighted by Gasteiger charge is 1.89. The summed E-state index contributed by atoms with van der Waals surface area (Å²) in [6.45, 7) is 5.25. The zero-order valence-corrected chi connectivity index (χ0v) is 5.03. The fraction of sp³-hybridized carbons (Fsp3) is 0.167. The maximum atomic E-state index is 5.25. The number of methoxy groups -OCH3 is 1. The Morgan fingerprint density at radius 2 is 2.22 bits per heavy atom. The van der Waals surface area contributed by atoms with E-state index in [9.17, 15) is 0 Å². The summed E-state index contributed by atoms with van der Waals surface area (Å²) in [5.74, 6) is 0.476. The third-order valence-corrected chi connectivity index (χ3v) is 0.870. The summed E-state index contributed by atoms with van der Waals surface area (Å²) in [5, 5.41) is 7.15. The van der Waals surface area contributed by atoms with Crippen LogP contribution in [0.4, 0.5) is 0 Å². The van der Waals surface area contributed by atoms with Crippen LogP contribution in [0, 0.1) is 6.92 Å². The fourth-order valence-corrected chi connectivity index (χ4v) is 0.439. The van der Waals surface area contributed by atoms with Crippen LogP contribution in [0.15, 0.2) is 12.1 Å². The fourth-order valence-electron chi connectivity index (χ4n) is 0.439. The molecule has 46 valence electrons. The van der Waals surface area contributed by atoms with Gasteiger partial charge in [-0.3, -0.25) is 0 Å². The number of hydrogen-bond acceptors (Lipinski definition) is 3. The van der Waals surface area contributed by atoms with E-state index < -0.39 is 0 Å². The Bertz CT molecular complexity index is 183. The molecule has 3 heteroatoms. The molecule has 0 spiro atoms. The third-order valence-electron chi connectivity index (χ3n) is 0.870. The van der Waals surface area contributed by atoms with Crippen LogP contribution in [0.5, 0.6) is 5.88 Å². The first-order chi connectivity index (χ1) is 4.33. The van der Waals surface area contributed by atoms with Gasteiger partial charge in [-0.05, 0) is 6.07 Å². The molecule has 0 saturated heterocycles. The van der Waals surface area contributed by atoms with E-state index in [2.05, 4.69) is 10.2 Å². The van der Waals surface area contributed by atoms with E-state index in [4.69, 9.17) is 11.7 Å². The van der Waals surface area contributed by atoms with Gasteiger partial charge in [0.25, 0.3) is 0 Å². The van der Waals surface area contributed by atoms with Crippen LogP contribution in [0.2, 0.25) is 0 Å². The molecule has 1 aromatic heterocycles. The molecule has 0 atom stereocenters. The average Bonchev–Trinajstić information content (AvgIpc) is 1.90. The van der Waals surface area contributed by atoms with Crippen LogP contribution in [0.3, 0.4) is 0 Å². The van der Waals surface area contributed by atoms with Gasteiger partial charge >= 0.3 is 0 Å². The van der Waals surface area contributed by atoms with Gasteiger partial charge in [0, 0.05) is 13.0 Å². The SMILES string of the molecule is [CH]c1ccc(OC)nn1. The molecule has 2 radical (unpaired) electrons. The Kier molecular flexibility index (Phi) is 1.63. The molecule has 0 bridgehead atoms. The molecule has 3 nitrogen and oxygen atoms in total. The van der Waals surface area contributed by atoms with Crippen LogP contribution in [0.25, 0.3) is 0 Å². The number of aromatic nitrogens is 2. The molecule has 0 saturated carbocycles. The van der Waals surface area contributed by atoms with Crippen molar-refractivity contribution < 1.29 is 4.74 Å². The van der Waals surface area contributed by atoms with Crippen molar-refractivity contribution >= 4 is 0 Å². The maximum Gasteiger partial charge on any atom is 0.233 e. The van der Waals surface area contributed by atoms with Crippen molar-refractivity contribution in [1.82, 2.24) is 10.2 Å². The molecule has 0 aliphatic carbocycles. The molecule has 0 fully saturated rings. The zero-order valence-electron chi connectivity index (χ0n) is 5.03. The second-order valence-electron chi connectivity index (χ2n) is 1.50. The zero-order chi connectivity index (χ0) is 6.69. The van der Waals surface area contributed by atoms with Gasteiger partial charge in [0.05, 0.1) is 12.8 Å². The van der Waals surface area contributed by atoms with E-state index in [0.29, 0.717) is 11.6 Å². The Morgan fingerprint density at radius 1 is 1.44 bits per heavy atom. The van der Waals surface area contributed by atoms with E-state index >= 15 is 0 Å². The highest BCUT2D eigenvalue weighted by molar-refractivity contribution is 5.12. The summed E-state index contributed by atoms with van der Waals surface area (Å²) in [7, 11) is 1.53. The van der Waals surface area contributed by atoms with Gasteiger partial charge in [0.1, 0.15) is 0 Å². The lowest BCUT2D eigenvalue weighted by molar-refractivity contribution is 0.391. The van der Waals surface area contributed by atoms with E-state index in [0.717, 1.165) is 0 Å². The van der Waals surface area contributed by atoms with Crippen molar-refractivity contribution in [3.05, 3.63) is 24.8 Å². The Labute approximate surface area is 53.7 Å². The van der Waals surface area contributed by atoms with Gasteiger partial charge in [-0.1, -0.05) is 0 Å². The normalized spacial score (nSPS) is 9.11. The van der Waals surface area contributed by atoms with Crippen molar-refractivity contribution in [2.75, 3.05) is 7.11 Å². The van der Waals surface area contributed by atoms with Crippen molar-refractivity contribution in [3.8, 4) is 5.88 Å². The second-order valence-corrected chi connectivity index (χ2v) is 1.50. The van der Waals surface area contributed by atoms with Gasteiger partial charge in [-0.2, -0.15) is 5.10 Å². The molecule has 1 heterocycles. The highest BCUT2D eigenvalue weighted by atomic mass is 16.5. The molecule has 0 amide bonds. The molecular formula is C6H6N2O. The maximum absolute atomic E-state index is 5.25. The summed E-state index contributed by atoms with van der Waals surface area (Å²) in [4.78, 5) is 0. The van der Waals surface area contributed by atoms with E-state index in [-0.39, 0.29) is 0 Å². The van der Waals surface area contributed by atoms with Gasteiger partial charge in [-0.25, -0.2) is 0 Å². The van der Waals surface area contributed by atoms with Crippen LogP contribution >= 0.6 is 0 Å². The molecule has 9 heavy (non-hydrogen) atoms. The molecule has 1 rings (SSSR count). The van der Waals surface area contributed by atoms with Crippen molar-refractivity contribution in [2.45, 2.75) is 0 Å². The Hall–Kier alpha value is -1.12. The molecule has 0 aliphatic rings. The number of ether oxygens (including phenoxy) is 1. The minimum atomic E-state index is 0.399. The van der Waals surface area contributed by atoms with E-state index in [1.165, 1.54) is 7.11 Å². The van der Waals surface area contributed by atoms with Crippen molar-refractivity contribution in [2.24, 2.45) is 0 Å². The third kappa shape index (κ3) is 1.38. The minimum Gasteiger partial charge on any atom is -0.480 e. The quantitative estimate of drug-likeness (QED) is 0.545. The van der Waals surface area contributed by atoms with E-state index in [1.54, 1.807) is 12.1 Å². The largest absolute Gasteiger partial charge is 0.480 e. The van der Waals surface area contributed by atoms with Gasteiger partial charge in [-0.15, -0.1) is 5.10 Å². The average molecular weight is 122 g/mol. The number of hydrogen-bond donors (Lipinski definition) is 0. The molecule has 0 aromatic carbocycles. The number of rotatable bonds is 1. The van der Waals surface area contributed by atoms with Crippen LogP contribution < -0.4 is 4.74 Å². The predicted octanol–water partition coefficient (Wildman–Crippen LogP) is 0.544. The monoisotopic (exact) mass is 122 g/mol. The van der Waals surface area contributed by atoms with Crippen LogP contribution in [0.1, 0.15) is 5.69 Å². The summed E-state index contributed by atoms with van der Waals surface area (Å²) >= 11 is 0. The summed E-state index contributed by atoms with van der Waals surface area (Å²) in [6.07, 6.45) is 0. The van der Waals surface area contributed by atoms with Gasteiger partial charge in [0.2, 0.25) is 5.88 Å². The first-order valence-electron chi connectivity index (χ1n) is 2.46. The summed E-state index contributed by atoms with van der Waals surface area (Å²) < 4.78 is 4.74. The van der Waals surface area contributed by atoms with Gasteiger partial charge < -0.3 is 4.74 Å². The van der Waals surface area contributed by atoms with E-state index in [1.807, 2.05) is 0 Å². The van der Waals surface area contributed by atoms with Crippen molar-refractivity contribution in [1.29, 1.82) is 0 Å². The standard InChI is InChI=1S/C6H6N2O/c1-5-3-4-6(9-2)8-7-5/h1,3-4H,2H3. The first kappa shape index (κ1) is 6.01. The smallest absolute Gasteiger partial charge is 0.233 e. The topological polar surface area (TPSA) is 35.0 Å². The molecule has 0 aliphatic heterocycles. The lowest BCUT2D eigenvalue weighted by Gasteiger charge is -1.94. The summed E-state index contributed by atoms with van der Waals surface area (Å²) in [6, 6.07) is 3.29. The Balaban J connectivity index is 2.88. The lowest BCUT2D eigenvalue weighted by atomic mass is 10.4. The van der Waals surface area contributed by atoms with Crippen LogP contribution in [-0.4, -0.2) is 17.3 Å². The molecule has 0 unspecified atom stereocenters. The van der Waals surface area contributed by atoms with Crippen LogP contribution in [-0.2, 0) is 0 Å². The predicted molar refractivity (Wildman–Crippen MR) is 32.0 cm³/mol. The first-order valence-corrected chi connectivity index (χ1v) is 2.46. The second kappa shape index (κ2) is 2.44. The Morgan fingerprint density at radius 3 is 2.67 bits per heavy atom. The van der Waals surface area contributed by atoms with Gasteiger partial charge in [0.15, 0.2) is 0 Å². The van der Waals surface area contributed by atoms with Crippen molar-refractivity contribution in [3.63, 3.8) is 0 Å². The lowest BCUT2D eigenvalue weighted by Crippen LogP contribution is -1.90. The minimum absolute atomic E-state index is 0.399.